The van der Waals surface area contributed by atoms with Crippen molar-refractivity contribution < 1.29 is 4.74 Å². The molecule has 0 unspecified atom stereocenters. The van der Waals surface area contributed by atoms with Gasteiger partial charge in [0.1, 0.15) is 18.7 Å². The van der Waals surface area contributed by atoms with E-state index in [1.807, 2.05) is 22.9 Å². The van der Waals surface area contributed by atoms with Crippen LogP contribution in [-0.4, -0.2) is 14.8 Å². The van der Waals surface area contributed by atoms with E-state index in [2.05, 4.69) is 39.9 Å². The minimum Gasteiger partial charge on any atom is -0.485 e. The summed E-state index contributed by atoms with van der Waals surface area (Å²) in [6, 6.07) is 5.84. The fraction of sp³-hybridized carbons (Fsp3) is 0.385. The molecular weight excluding hydrogens is 330 g/mol. The molecule has 0 saturated carbocycles. The van der Waals surface area contributed by atoms with Gasteiger partial charge in [-0.1, -0.05) is 27.5 Å². The Morgan fingerprint density at radius 3 is 2.89 bits per heavy atom. The van der Waals surface area contributed by atoms with E-state index >= 15 is 0 Å². The van der Waals surface area contributed by atoms with Crippen molar-refractivity contribution in [2.45, 2.75) is 31.8 Å². The first-order chi connectivity index (χ1) is 9.11. The lowest BCUT2D eigenvalue weighted by Crippen LogP contribution is -2.11. The van der Waals surface area contributed by atoms with Gasteiger partial charge in [-0.15, -0.1) is 0 Å². The molecular formula is C13H15BrClN3O. The van der Waals surface area contributed by atoms with Crippen LogP contribution < -0.4 is 4.74 Å². The molecule has 2 aromatic rings. The molecule has 0 saturated heterocycles. The second-order valence-corrected chi connectivity index (χ2v) is 5.39. The average molecular weight is 345 g/mol. The number of ether oxygens (including phenoxy) is 1. The highest BCUT2D eigenvalue weighted by atomic mass is 79.9. The summed E-state index contributed by atoms with van der Waals surface area (Å²) in [5.41, 5.74) is 1.02. The van der Waals surface area contributed by atoms with Gasteiger partial charge in [-0.25, -0.2) is 9.67 Å². The van der Waals surface area contributed by atoms with Crippen LogP contribution in [0.3, 0.4) is 0 Å². The molecule has 0 amide bonds. The van der Waals surface area contributed by atoms with Crippen molar-refractivity contribution in [1.82, 2.24) is 14.8 Å². The zero-order chi connectivity index (χ0) is 13.8. The molecule has 0 radical (unpaired) electrons. The smallest absolute Gasteiger partial charge is 0.165 e. The van der Waals surface area contributed by atoms with Crippen molar-refractivity contribution in [1.29, 1.82) is 0 Å². The molecule has 4 nitrogen and oxygen atoms in total. The first kappa shape index (κ1) is 14.3. The average Bonchev–Trinajstić information content (AvgIpc) is 2.85. The van der Waals surface area contributed by atoms with Gasteiger partial charge in [0.15, 0.2) is 5.82 Å². The Kier molecular flexibility index (Phi) is 4.82. The lowest BCUT2D eigenvalue weighted by Gasteiger charge is -2.12. The minimum atomic E-state index is 0.266. The van der Waals surface area contributed by atoms with Crippen LogP contribution in [0.4, 0.5) is 0 Å². The number of benzene rings is 1. The third kappa shape index (κ3) is 3.48. The number of hydrogen-bond donors (Lipinski definition) is 0. The van der Waals surface area contributed by atoms with E-state index in [9.17, 15) is 0 Å². The highest BCUT2D eigenvalue weighted by Crippen LogP contribution is 2.25. The van der Waals surface area contributed by atoms with Crippen LogP contribution in [0.25, 0.3) is 0 Å². The molecule has 102 valence electrons. The molecule has 19 heavy (non-hydrogen) atoms. The van der Waals surface area contributed by atoms with Crippen LogP contribution in [0.2, 0.25) is 5.02 Å². The Hall–Kier alpha value is -1.07. The lowest BCUT2D eigenvalue weighted by atomic mass is 10.2. The summed E-state index contributed by atoms with van der Waals surface area (Å²) in [6.45, 7) is 4.51. The monoisotopic (exact) mass is 343 g/mol. The second-order valence-electron chi connectivity index (χ2n) is 4.39. The number of rotatable bonds is 5. The van der Waals surface area contributed by atoms with Crippen LogP contribution in [0.15, 0.2) is 24.5 Å². The zero-order valence-corrected chi connectivity index (χ0v) is 13.1. The van der Waals surface area contributed by atoms with Gasteiger partial charge < -0.3 is 4.74 Å². The molecule has 2 rings (SSSR count). The standard InChI is InChI=1S/C13H15BrClN3O/c1-9(2)18-13(16-8-17-18)7-19-12-4-3-11(15)5-10(12)6-14/h3-5,8-9H,6-7H2,1-2H3. The normalized spacial score (nSPS) is 11.0. The molecule has 0 aliphatic carbocycles. The quantitative estimate of drug-likeness (QED) is 0.770. The first-order valence-corrected chi connectivity index (χ1v) is 7.47. The van der Waals surface area contributed by atoms with Crippen molar-refractivity contribution in [2.75, 3.05) is 0 Å². The predicted molar refractivity (Wildman–Crippen MR) is 78.8 cm³/mol. The number of alkyl halides is 1. The van der Waals surface area contributed by atoms with E-state index in [1.54, 1.807) is 6.33 Å². The number of aromatic nitrogens is 3. The van der Waals surface area contributed by atoms with Gasteiger partial charge in [0.2, 0.25) is 0 Å². The molecule has 0 aliphatic rings. The zero-order valence-electron chi connectivity index (χ0n) is 10.8. The van der Waals surface area contributed by atoms with E-state index in [4.69, 9.17) is 16.3 Å². The molecule has 6 heteroatoms. The van der Waals surface area contributed by atoms with E-state index < -0.39 is 0 Å². The van der Waals surface area contributed by atoms with Gasteiger partial charge in [-0.3, -0.25) is 0 Å². The Morgan fingerprint density at radius 2 is 2.21 bits per heavy atom. The Morgan fingerprint density at radius 1 is 1.42 bits per heavy atom. The SMILES string of the molecule is CC(C)n1ncnc1COc1ccc(Cl)cc1CBr. The number of halogens is 2. The maximum Gasteiger partial charge on any atom is 0.165 e. The van der Waals surface area contributed by atoms with Crippen LogP contribution in [0, 0.1) is 0 Å². The van der Waals surface area contributed by atoms with Gasteiger partial charge in [-0.2, -0.15) is 5.10 Å². The summed E-state index contributed by atoms with van der Waals surface area (Å²) >= 11 is 9.39. The van der Waals surface area contributed by atoms with E-state index in [0.29, 0.717) is 17.0 Å². The van der Waals surface area contributed by atoms with E-state index in [-0.39, 0.29) is 6.04 Å². The highest BCUT2D eigenvalue weighted by molar-refractivity contribution is 9.08. The van der Waals surface area contributed by atoms with E-state index in [1.165, 1.54) is 0 Å². The maximum atomic E-state index is 5.96. The minimum absolute atomic E-state index is 0.266. The first-order valence-electron chi connectivity index (χ1n) is 5.97. The van der Waals surface area contributed by atoms with Crippen LogP contribution >= 0.6 is 27.5 Å². The summed E-state index contributed by atoms with van der Waals surface area (Å²) < 4.78 is 7.66. The van der Waals surface area contributed by atoms with Crippen LogP contribution in [0.5, 0.6) is 5.75 Å². The second kappa shape index (κ2) is 6.39. The van der Waals surface area contributed by atoms with Gasteiger partial charge >= 0.3 is 0 Å². The molecule has 0 aliphatic heterocycles. The van der Waals surface area contributed by atoms with Gasteiger partial charge in [0.25, 0.3) is 0 Å². The van der Waals surface area contributed by atoms with Crippen molar-refractivity contribution in [3.63, 3.8) is 0 Å². The summed E-state index contributed by atoms with van der Waals surface area (Å²) in [4.78, 5) is 4.21. The van der Waals surface area contributed by atoms with Crippen LogP contribution in [0.1, 0.15) is 31.3 Å². The summed E-state index contributed by atoms with van der Waals surface area (Å²) in [5.74, 6) is 1.62. The molecule has 1 aromatic heterocycles. The van der Waals surface area contributed by atoms with Gasteiger partial charge in [0.05, 0.1) is 0 Å². The van der Waals surface area contributed by atoms with Crippen molar-refractivity contribution in [2.24, 2.45) is 0 Å². The Bertz CT molecular complexity index is 557. The number of hydrogen-bond acceptors (Lipinski definition) is 3. The van der Waals surface area contributed by atoms with Crippen LogP contribution in [-0.2, 0) is 11.9 Å². The molecule has 0 bridgehead atoms. The predicted octanol–water partition coefficient (Wildman–Crippen LogP) is 3.99. The molecule has 0 N–H and O–H groups in total. The van der Waals surface area contributed by atoms with Crippen molar-refractivity contribution in [3.8, 4) is 5.75 Å². The molecule has 0 spiro atoms. The summed E-state index contributed by atoms with van der Waals surface area (Å²) in [6.07, 6.45) is 1.55. The fourth-order valence-corrected chi connectivity index (χ4v) is 2.38. The molecule has 1 heterocycles. The summed E-state index contributed by atoms with van der Waals surface area (Å²) in [7, 11) is 0. The Labute approximate surface area is 125 Å². The third-order valence-corrected chi connectivity index (χ3v) is 3.50. The number of nitrogens with zero attached hydrogens (tertiary/aromatic N) is 3. The van der Waals surface area contributed by atoms with Gasteiger partial charge in [0, 0.05) is 22.0 Å². The van der Waals surface area contributed by atoms with Gasteiger partial charge in [-0.05, 0) is 32.0 Å². The molecule has 0 fully saturated rings. The maximum absolute atomic E-state index is 5.96. The largest absolute Gasteiger partial charge is 0.485 e. The fourth-order valence-electron chi connectivity index (χ4n) is 1.74. The topological polar surface area (TPSA) is 39.9 Å². The lowest BCUT2D eigenvalue weighted by molar-refractivity contribution is 0.280. The van der Waals surface area contributed by atoms with Crippen molar-refractivity contribution >= 4 is 27.5 Å². The summed E-state index contributed by atoms with van der Waals surface area (Å²) in [5, 5.41) is 5.58. The van der Waals surface area contributed by atoms with E-state index in [0.717, 1.165) is 17.1 Å². The van der Waals surface area contributed by atoms with Crippen molar-refractivity contribution in [3.05, 3.63) is 40.9 Å². The Balaban J connectivity index is 2.12. The molecule has 0 atom stereocenters. The molecule has 1 aromatic carbocycles. The third-order valence-electron chi connectivity index (χ3n) is 2.66. The highest BCUT2D eigenvalue weighted by Gasteiger charge is 2.10.